The highest BCUT2D eigenvalue weighted by Gasteiger charge is 2.30. The highest BCUT2D eigenvalue weighted by atomic mass is 32.1. The van der Waals surface area contributed by atoms with E-state index in [2.05, 4.69) is 10.3 Å². The van der Waals surface area contributed by atoms with Crippen LogP contribution < -0.4 is 5.32 Å². The molecule has 2 N–H and O–H groups in total. The Kier molecular flexibility index (Phi) is 4.10. The Balaban J connectivity index is 2.11. The van der Waals surface area contributed by atoms with Gasteiger partial charge in [-0.25, -0.2) is 4.98 Å². The van der Waals surface area contributed by atoms with Gasteiger partial charge in [-0.15, -0.1) is 11.3 Å². The Morgan fingerprint density at radius 3 is 3.00 bits per heavy atom. The summed E-state index contributed by atoms with van der Waals surface area (Å²) in [4.78, 5) is 16.8. The van der Waals surface area contributed by atoms with Crippen molar-refractivity contribution >= 4 is 22.4 Å². The fourth-order valence-corrected chi connectivity index (χ4v) is 3.16. The molecule has 0 aliphatic heterocycles. The normalized spacial score (nSPS) is 19.0. The molecule has 0 aromatic carbocycles. The number of carbonyl (C=O) groups is 1. The predicted octanol–water partition coefficient (Wildman–Crippen LogP) is 2.48. The van der Waals surface area contributed by atoms with Gasteiger partial charge < -0.3 is 15.2 Å². The molecule has 19 heavy (non-hydrogen) atoms. The molecule has 0 saturated carbocycles. The quantitative estimate of drug-likeness (QED) is 0.869. The summed E-state index contributed by atoms with van der Waals surface area (Å²) in [7, 11) is 1.68. The monoisotopic (exact) mass is 284 g/mol. The zero-order valence-electron chi connectivity index (χ0n) is 11.5. The van der Waals surface area contributed by atoms with Crippen molar-refractivity contribution in [3.8, 4) is 0 Å². The van der Waals surface area contributed by atoms with Crippen molar-refractivity contribution in [2.24, 2.45) is 0 Å². The first-order valence-electron chi connectivity index (χ1n) is 6.44. The molecule has 106 valence electrons. The lowest BCUT2D eigenvalue weighted by molar-refractivity contribution is -0.139. The van der Waals surface area contributed by atoms with Crippen LogP contribution in [0.3, 0.4) is 0 Å². The van der Waals surface area contributed by atoms with E-state index in [0.29, 0.717) is 13.0 Å². The van der Waals surface area contributed by atoms with Gasteiger partial charge in [0.15, 0.2) is 5.13 Å². The zero-order chi connectivity index (χ0) is 14.0. The minimum Gasteiger partial charge on any atom is -0.481 e. The van der Waals surface area contributed by atoms with Gasteiger partial charge in [-0.3, -0.25) is 4.79 Å². The lowest BCUT2D eigenvalue weighted by atomic mass is 9.91. The number of hydrogen-bond acceptors (Lipinski definition) is 5. The van der Waals surface area contributed by atoms with E-state index in [1.807, 2.05) is 13.8 Å². The summed E-state index contributed by atoms with van der Waals surface area (Å²) in [6.45, 7) is 4.63. The molecule has 2 rings (SSSR count). The third kappa shape index (κ3) is 3.25. The highest BCUT2D eigenvalue weighted by molar-refractivity contribution is 7.15. The number of nitrogens with one attached hydrogen (secondary N) is 1. The molecule has 1 heterocycles. The molecule has 0 fully saturated rings. The molecule has 0 spiro atoms. The van der Waals surface area contributed by atoms with E-state index in [9.17, 15) is 9.90 Å². The van der Waals surface area contributed by atoms with Gasteiger partial charge in [-0.1, -0.05) is 0 Å². The van der Waals surface area contributed by atoms with E-state index in [0.717, 1.165) is 28.5 Å². The number of hydrogen-bond donors (Lipinski definition) is 2. The Bertz CT molecular complexity index is 470. The van der Waals surface area contributed by atoms with Crippen molar-refractivity contribution in [2.45, 2.75) is 44.6 Å². The Morgan fingerprint density at radius 2 is 2.37 bits per heavy atom. The predicted molar refractivity (Wildman–Crippen MR) is 75.0 cm³/mol. The maximum absolute atomic E-state index is 11.2. The average molecular weight is 284 g/mol. The summed E-state index contributed by atoms with van der Waals surface area (Å²) in [6, 6.07) is 0. The van der Waals surface area contributed by atoms with Crippen molar-refractivity contribution in [3.63, 3.8) is 0 Å². The van der Waals surface area contributed by atoms with E-state index in [1.165, 1.54) is 0 Å². The summed E-state index contributed by atoms with van der Waals surface area (Å²) < 4.78 is 5.34. The summed E-state index contributed by atoms with van der Waals surface area (Å²) >= 11 is 1.57. The number of carboxylic acid groups (broad SMARTS) is 1. The lowest BCUT2D eigenvalue weighted by Gasteiger charge is -2.22. The van der Waals surface area contributed by atoms with Crippen LogP contribution in [0.25, 0.3) is 0 Å². The number of nitrogens with zero attached hydrogens (tertiary/aromatic N) is 1. The van der Waals surface area contributed by atoms with Gasteiger partial charge in [0, 0.05) is 18.5 Å². The SMILES string of the molecule is COC(C)(C)CNc1nc2c(s1)CCCC2C(=O)O. The van der Waals surface area contributed by atoms with Crippen LogP contribution in [0.4, 0.5) is 5.13 Å². The second-order valence-electron chi connectivity index (χ2n) is 5.43. The first-order valence-corrected chi connectivity index (χ1v) is 7.26. The molecule has 5 nitrogen and oxygen atoms in total. The smallest absolute Gasteiger partial charge is 0.312 e. The van der Waals surface area contributed by atoms with Crippen LogP contribution in [-0.2, 0) is 16.0 Å². The molecular weight excluding hydrogens is 264 g/mol. The molecule has 1 aromatic rings. The highest BCUT2D eigenvalue weighted by Crippen LogP contribution is 2.36. The van der Waals surface area contributed by atoms with E-state index in [4.69, 9.17) is 4.74 Å². The van der Waals surface area contributed by atoms with Crippen LogP contribution in [0.2, 0.25) is 0 Å². The second kappa shape index (κ2) is 5.46. The Morgan fingerprint density at radius 1 is 1.63 bits per heavy atom. The third-order valence-electron chi connectivity index (χ3n) is 3.47. The summed E-state index contributed by atoms with van der Waals surface area (Å²) in [5, 5.41) is 13.3. The number of carboxylic acids is 1. The van der Waals surface area contributed by atoms with E-state index in [1.54, 1.807) is 18.4 Å². The molecule has 6 heteroatoms. The van der Waals surface area contributed by atoms with E-state index in [-0.39, 0.29) is 5.60 Å². The maximum atomic E-state index is 11.2. The molecular formula is C13H20N2O3S. The number of aromatic nitrogens is 1. The van der Waals surface area contributed by atoms with Gasteiger partial charge in [-0.05, 0) is 33.1 Å². The minimum atomic E-state index is -0.768. The first kappa shape index (κ1) is 14.3. The minimum absolute atomic E-state index is 0.266. The van der Waals surface area contributed by atoms with Gasteiger partial charge in [0.05, 0.1) is 11.3 Å². The number of rotatable bonds is 5. The number of aryl methyl sites for hydroxylation is 1. The van der Waals surface area contributed by atoms with Crippen LogP contribution in [0, 0.1) is 0 Å². The maximum Gasteiger partial charge on any atom is 0.312 e. The van der Waals surface area contributed by atoms with E-state index < -0.39 is 11.9 Å². The molecule has 1 unspecified atom stereocenters. The topological polar surface area (TPSA) is 71.5 Å². The van der Waals surface area contributed by atoms with Crippen molar-refractivity contribution in [1.82, 2.24) is 4.98 Å². The summed E-state index contributed by atoms with van der Waals surface area (Å²) in [6.07, 6.45) is 2.55. The average Bonchev–Trinajstić information content (AvgIpc) is 2.79. The van der Waals surface area contributed by atoms with Crippen molar-refractivity contribution in [3.05, 3.63) is 10.6 Å². The number of ether oxygens (including phenoxy) is 1. The number of anilines is 1. The zero-order valence-corrected chi connectivity index (χ0v) is 12.3. The van der Waals surface area contributed by atoms with E-state index >= 15 is 0 Å². The number of fused-ring (bicyclic) bond motifs is 1. The summed E-state index contributed by atoms with van der Waals surface area (Å²) in [5.74, 6) is -1.21. The van der Waals surface area contributed by atoms with Crippen LogP contribution in [0.5, 0.6) is 0 Å². The van der Waals surface area contributed by atoms with Crippen LogP contribution in [0.15, 0.2) is 0 Å². The Hall–Kier alpha value is -1.14. The van der Waals surface area contributed by atoms with Gasteiger partial charge >= 0.3 is 5.97 Å². The van der Waals surface area contributed by atoms with Gasteiger partial charge in [0.1, 0.15) is 5.92 Å². The van der Waals surface area contributed by atoms with Crippen LogP contribution >= 0.6 is 11.3 Å². The molecule has 1 aliphatic carbocycles. The van der Waals surface area contributed by atoms with Crippen molar-refractivity contribution in [2.75, 3.05) is 19.0 Å². The number of aliphatic carboxylic acids is 1. The Labute approximate surface area is 117 Å². The molecule has 0 amide bonds. The van der Waals surface area contributed by atoms with Crippen molar-refractivity contribution in [1.29, 1.82) is 0 Å². The molecule has 0 radical (unpaired) electrons. The number of methoxy groups -OCH3 is 1. The van der Waals surface area contributed by atoms with Crippen LogP contribution in [-0.4, -0.2) is 35.3 Å². The fourth-order valence-electron chi connectivity index (χ4n) is 2.10. The second-order valence-corrected chi connectivity index (χ2v) is 6.51. The first-order chi connectivity index (χ1) is 8.93. The molecule has 0 saturated heterocycles. The standard InChI is InChI=1S/C13H20N2O3S/c1-13(2,18-3)7-14-12-15-10-8(11(16)17)5-4-6-9(10)19-12/h8H,4-7H2,1-3H3,(H,14,15)(H,16,17). The summed E-state index contributed by atoms with van der Waals surface area (Å²) in [5.41, 5.74) is 0.486. The van der Waals surface area contributed by atoms with Gasteiger partial charge in [0.25, 0.3) is 0 Å². The fraction of sp³-hybridized carbons (Fsp3) is 0.692. The third-order valence-corrected chi connectivity index (χ3v) is 4.56. The molecule has 1 atom stereocenters. The van der Waals surface area contributed by atoms with Crippen LogP contribution in [0.1, 0.15) is 43.2 Å². The van der Waals surface area contributed by atoms with Gasteiger partial charge in [-0.2, -0.15) is 0 Å². The molecule has 1 aromatic heterocycles. The molecule has 0 bridgehead atoms. The largest absolute Gasteiger partial charge is 0.481 e. The number of thiazole rings is 1. The van der Waals surface area contributed by atoms with Crippen molar-refractivity contribution < 1.29 is 14.6 Å². The van der Waals surface area contributed by atoms with Gasteiger partial charge in [0.2, 0.25) is 0 Å². The lowest BCUT2D eigenvalue weighted by Crippen LogP contribution is -2.32. The molecule has 1 aliphatic rings.